The molecule has 0 amide bonds. The van der Waals surface area contributed by atoms with Gasteiger partial charge in [0.05, 0.1) is 11.4 Å². The van der Waals surface area contributed by atoms with Crippen LogP contribution in [0, 0.1) is 3.57 Å². The summed E-state index contributed by atoms with van der Waals surface area (Å²) < 4.78 is 15.3. The fourth-order valence-corrected chi connectivity index (χ4v) is 5.71. The van der Waals surface area contributed by atoms with Gasteiger partial charge in [0.25, 0.3) is 0 Å². The van der Waals surface area contributed by atoms with Crippen LogP contribution in [0.25, 0.3) is 0 Å². The van der Waals surface area contributed by atoms with Gasteiger partial charge in [0, 0.05) is 24.6 Å². The molecule has 0 radical (unpaired) electrons. The van der Waals surface area contributed by atoms with Gasteiger partial charge in [-0.3, -0.25) is 0 Å². The summed E-state index contributed by atoms with van der Waals surface area (Å²) in [6.07, 6.45) is 0.979. The minimum absolute atomic E-state index is 0.874. The topological polar surface area (TPSA) is 21.7 Å². The third-order valence-electron chi connectivity index (χ3n) is 6.87. The zero-order valence-electron chi connectivity index (χ0n) is 23.0. The number of anilines is 3. The minimum Gasteiger partial charge on any atom is -0.457 e. The first-order chi connectivity index (χ1) is 21.0. The predicted octanol–water partition coefficient (Wildman–Crippen LogP) is 12.5. The second kappa shape index (κ2) is 13.8. The Balaban J connectivity index is 0.000000128. The van der Waals surface area contributed by atoms with Crippen molar-refractivity contribution in [2.24, 2.45) is 0 Å². The zero-order valence-corrected chi connectivity index (χ0v) is 28.3. The van der Waals surface area contributed by atoms with Crippen molar-refractivity contribution in [3.63, 3.8) is 0 Å². The van der Waals surface area contributed by atoms with Crippen LogP contribution in [-0.2, 0) is 6.42 Å². The number of hydrogen-bond acceptors (Lipinski definition) is 3. The first-order valence-electron chi connectivity index (χ1n) is 13.7. The lowest BCUT2D eigenvalue weighted by Crippen LogP contribution is -2.15. The van der Waals surface area contributed by atoms with Crippen LogP contribution in [0.1, 0.15) is 11.1 Å². The molecule has 2 aliphatic heterocycles. The van der Waals surface area contributed by atoms with Crippen molar-refractivity contribution in [1.29, 1.82) is 0 Å². The van der Waals surface area contributed by atoms with Crippen molar-refractivity contribution in [3.05, 3.63) is 169 Å². The van der Waals surface area contributed by atoms with E-state index in [1.54, 1.807) is 0 Å². The van der Waals surface area contributed by atoms with Crippen molar-refractivity contribution < 1.29 is 9.47 Å². The maximum atomic E-state index is 6.00. The first-order valence-corrected chi connectivity index (χ1v) is 16.4. The monoisotopic (exact) mass is 801 g/mol. The molecule has 43 heavy (non-hydrogen) atoms. The first kappa shape index (κ1) is 29.5. The van der Waals surface area contributed by atoms with Gasteiger partial charge in [-0.2, -0.15) is 0 Å². The standard InChI is InChI=1S/C18H12BrNO.C13H10O.C6H4BrI/c19-13-9-11-14(12-10-13)20-15-5-1-3-7-17(15)21-18-8-4-2-6-16(18)20;1-3-7-12-10(5-1)9-11-6-2-4-8-13(11)14-12;7-5-1-3-6(8)4-2-5/h1-12H;1-8H,9H2;1-4H. The second-order valence-electron chi connectivity index (χ2n) is 9.78. The Morgan fingerprint density at radius 3 is 1.35 bits per heavy atom. The van der Waals surface area contributed by atoms with Gasteiger partial charge in [0.15, 0.2) is 11.5 Å². The van der Waals surface area contributed by atoms with Crippen LogP contribution in [0.3, 0.4) is 0 Å². The van der Waals surface area contributed by atoms with E-state index in [2.05, 4.69) is 132 Å². The molecule has 2 heterocycles. The molecule has 0 N–H and O–H groups in total. The van der Waals surface area contributed by atoms with Gasteiger partial charge < -0.3 is 14.4 Å². The number of rotatable bonds is 1. The van der Waals surface area contributed by atoms with Crippen LogP contribution < -0.4 is 14.4 Å². The summed E-state index contributed by atoms with van der Waals surface area (Å²) >= 11 is 9.11. The van der Waals surface area contributed by atoms with E-state index in [1.165, 1.54) is 14.7 Å². The maximum Gasteiger partial charge on any atom is 0.151 e. The summed E-state index contributed by atoms with van der Waals surface area (Å²) in [6.45, 7) is 0. The van der Waals surface area contributed by atoms with E-state index in [0.29, 0.717) is 0 Å². The lowest BCUT2D eigenvalue weighted by Gasteiger charge is -2.32. The molecule has 6 heteroatoms. The van der Waals surface area contributed by atoms with E-state index in [4.69, 9.17) is 9.47 Å². The summed E-state index contributed by atoms with van der Waals surface area (Å²) in [6, 6.07) is 49.1. The average Bonchev–Trinajstić information content (AvgIpc) is 3.05. The Hall–Kier alpha value is -3.59. The van der Waals surface area contributed by atoms with Crippen LogP contribution >= 0.6 is 54.5 Å². The summed E-state index contributed by atoms with van der Waals surface area (Å²) in [5.41, 5.74) is 5.76. The van der Waals surface area contributed by atoms with Gasteiger partial charge in [-0.05, 0) is 119 Å². The average molecular weight is 803 g/mol. The number of fused-ring (bicyclic) bond motifs is 4. The zero-order chi connectivity index (χ0) is 29.6. The highest BCUT2D eigenvalue weighted by molar-refractivity contribution is 14.1. The summed E-state index contributed by atoms with van der Waals surface area (Å²) in [5.74, 6) is 3.73. The van der Waals surface area contributed by atoms with E-state index < -0.39 is 0 Å². The third kappa shape index (κ3) is 7.15. The van der Waals surface area contributed by atoms with E-state index in [-0.39, 0.29) is 0 Å². The molecule has 0 unspecified atom stereocenters. The highest BCUT2D eigenvalue weighted by Crippen LogP contribution is 2.50. The van der Waals surface area contributed by atoms with Crippen molar-refractivity contribution in [1.82, 2.24) is 0 Å². The number of para-hydroxylation sites is 6. The Labute approximate surface area is 282 Å². The van der Waals surface area contributed by atoms with E-state index >= 15 is 0 Å². The van der Waals surface area contributed by atoms with Crippen LogP contribution in [-0.4, -0.2) is 0 Å². The number of halogens is 3. The van der Waals surface area contributed by atoms with Crippen molar-refractivity contribution in [2.45, 2.75) is 6.42 Å². The maximum absolute atomic E-state index is 6.00. The fraction of sp³-hybridized carbons (Fsp3) is 0.0270. The molecule has 0 fully saturated rings. The van der Waals surface area contributed by atoms with Gasteiger partial charge in [-0.1, -0.05) is 92.5 Å². The van der Waals surface area contributed by atoms with Gasteiger partial charge >= 0.3 is 0 Å². The van der Waals surface area contributed by atoms with Crippen LogP contribution in [0.5, 0.6) is 23.0 Å². The molecule has 0 atom stereocenters. The number of hydrogen-bond donors (Lipinski definition) is 0. The molecular formula is C37H26Br2INO2. The van der Waals surface area contributed by atoms with Crippen molar-refractivity contribution >= 4 is 71.5 Å². The SMILES string of the molecule is Brc1ccc(I)cc1.Brc1ccc(N2c3ccccc3Oc3ccccc32)cc1.c1ccc2c(c1)Cc1ccccc1O2. The second-order valence-corrected chi connectivity index (χ2v) is 12.9. The summed E-state index contributed by atoms with van der Waals surface area (Å²) in [7, 11) is 0. The molecule has 0 aromatic heterocycles. The van der Waals surface area contributed by atoms with Gasteiger partial charge in [-0.15, -0.1) is 0 Å². The van der Waals surface area contributed by atoms with E-state index in [9.17, 15) is 0 Å². The molecule has 0 saturated carbocycles. The molecule has 8 rings (SSSR count). The highest BCUT2D eigenvalue weighted by Gasteiger charge is 2.24. The lowest BCUT2D eigenvalue weighted by atomic mass is 10.0. The van der Waals surface area contributed by atoms with Gasteiger partial charge in [-0.25, -0.2) is 0 Å². The van der Waals surface area contributed by atoms with Crippen molar-refractivity contribution in [2.75, 3.05) is 4.90 Å². The number of nitrogens with zero attached hydrogens (tertiary/aromatic N) is 1. The predicted molar refractivity (Wildman–Crippen MR) is 192 cm³/mol. The molecule has 6 aromatic carbocycles. The third-order valence-corrected chi connectivity index (χ3v) is 8.64. The smallest absolute Gasteiger partial charge is 0.151 e. The molecule has 212 valence electrons. The molecule has 6 aromatic rings. The van der Waals surface area contributed by atoms with E-state index in [1.807, 2.05) is 72.8 Å². The highest BCUT2D eigenvalue weighted by atomic mass is 127. The number of benzene rings is 6. The molecule has 0 spiro atoms. The van der Waals surface area contributed by atoms with Crippen LogP contribution in [0.2, 0.25) is 0 Å². The fourth-order valence-electron chi connectivity index (χ4n) is 4.83. The molecule has 3 nitrogen and oxygen atoms in total. The normalized spacial score (nSPS) is 11.8. The summed E-state index contributed by atoms with van der Waals surface area (Å²) in [4.78, 5) is 2.22. The molecule has 0 aliphatic carbocycles. The quantitative estimate of drug-likeness (QED) is 0.154. The van der Waals surface area contributed by atoms with E-state index in [0.717, 1.165) is 55.4 Å². The van der Waals surface area contributed by atoms with Crippen LogP contribution in [0.4, 0.5) is 17.1 Å². The molecule has 2 aliphatic rings. The Morgan fingerprint density at radius 1 is 0.465 bits per heavy atom. The Kier molecular flexibility index (Phi) is 9.46. The lowest BCUT2D eigenvalue weighted by molar-refractivity contribution is 0.460. The molecule has 0 saturated heterocycles. The minimum atomic E-state index is 0.874. The Bertz CT molecular complexity index is 1690. The van der Waals surface area contributed by atoms with Gasteiger partial charge in [0.2, 0.25) is 0 Å². The summed E-state index contributed by atoms with van der Waals surface area (Å²) in [5, 5.41) is 0. The number of ether oxygens (including phenoxy) is 2. The largest absolute Gasteiger partial charge is 0.457 e. The van der Waals surface area contributed by atoms with Gasteiger partial charge in [0.1, 0.15) is 11.5 Å². The molecule has 0 bridgehead atoms. The van der Waals surface area contributed by atoms with Crippen LogP contribution in [0.15, 0.2) is 155 Å². The van der Waals surface area contributed by atoms with Crippen molar-refractivity contribution in [3.8, 4) is 23.0 Å². The Morgan fingerprint density at radius 2 is 0.860 bits per heavy atom. The molecular weight excluding hydrogens is 777 g/mol.